The number of nitrogens with one attached hydrogen (secondary N) is 1. The van der Waals surface area contributed by atoms with Gasteiger partial charge in [0.2, 0.25) is 5.91 Å². The maximum atomic E-state index is 12.9. The molecule has 3 aromatic carbocycles. The third-order valence-corrected chi connectivity index (χ3v) is 7.71. The first-order valence-corrected chi connectivity index (χ1v) is 12.4. The van der Waals surface area contributed by atoms with Gasteiger partial charge >= 0.3 is 6.18 Å². The third kappa shape index (κ3) is 5.01. The van der Waals surface area contributed by atoms with Crippen LogP contribution in [-0.2, 0) is 21.0 Å². The standard InChI is InChI=1S/C23H19F3N2O3S2/c1-15-5-11-20(12-6-15)33(30,31)27-18-4-2-3-16(13-18)22-28(21(29)14-32-22)19-9-7-17(8-10-19)23(24,25)26/h2-13,22,27H,14H2,1H3/t22-/m1/s1. The number of halogens is 3. The molecule has 0 saturated carbocycles. The van der Waals surface area contributed by atoms with E-state index < -0.39 is 27.1 Å². The van der Waals surface area contributed by atoms with Crippen molar-refractivity contribution in [2.24, 2.45) is 0 Å². The maximum Gasteiger partial charge on any atom is 0.416 e. The number of sulfonamides is 1. The number of thioether (sulfide) groups is 1. The molecule has 10 heteroatoms. The molecule has 0 radical (unpaired) electrons. The van der Waals surface area contributed by atoms with Crippen LogP contribution in [0.25, 0.3) is 0 Å². The van der Waals surface area contributed by atoms with Gasteiger partial charge in [-0.05, 0) is 61.0 Å². The average molecular weight is 493 g/mol. The number of benzene rings is 3. The molecule has 1 aliphatic rings. The van der Waals surface area contributed by atoms with E-state index >= 15 is 0 Å². The van der Waals surface area contributed by atoms with Gasteiger partial charge < -0.3 is 0 Å². The second kappa shape index (κ2) is 8.75. The zero-order chi connectivity index (χ0) is 23.8. The highest BCUT2D eigenvalue weighted by atomic mass is 32.2. The number of hydrogen-bond acceptors (Lipinski definition) is 4. The van der Waals surface area contributed by atoms with E-state index in [1.807, 2.05) is 6.92 Å². The van der Waals surface area contributed by atoms with Crippen molar-refractivity contribution in [3.8, 4) is 0 Å². The number of carbonyl (C=O) groups is 1. The Hall–Kier alpha value is -2.98. The minimum absolute atomic E-state index is 0.121. The molecule has 1 amide bonds. The lowest BCUT2D eigenvalue weighted by atomic mass is 10.1. The monoisotopic (exact) mass is 492 g/mol. The van der Waals surface area contributed by atoms with E-state index in [0.29, 0.717) is 16.9 Å². The van der Waals surface area contributed by atoms with E-state index in [2.05, 4.69) is 4.72 Å². The number of rotatable bonds is 5. The van der Waals surface area contributed by atoms with E-state index in [1.165, 1.54) is 40.9 Å². The fourth-order valence-electron chi connectivity index (χ4n) is 3.45. The lowest BCUT2D eigenvalue weighted by Crippen LogP contribution is -2.28. The van der Waals surface area contributed by atoms with Crippen LogP contribution >= 0.6 is 11.8 Å². The fraction of sp³-hybridized carbons (Fsp3) is 0.174. The number of anilines is 2. The van der Waals surface area contributed by atoms with Gasteiger partial charge in [-0.1, -0.05) is 29.8 Å². The average Bonchev–Trinajstić information content (AvgIpc) is 3.15. The third-order valence-electron chi connectivity index (χ3n) is 5.10. The number of alkyl halides is 3. The van der Waals surface area contributed by atoms with Gasteiger partial charge in [-0.3, -0.25) is 14.4 Å². The van der Waals surface area contributed by atoms with Gasteiger partial charge in [0.15, 0.2) is 0 Å². The first-order chi connectivity index (χ1) is 15.5. The van der Waals surface area contributed by atoms with Crippen molar-refractivity contribution >= 4 is 39.1 Å². The Morgan fingerprint density at radius 2 is 1.67 bits per heavy atom. The molecule has 172 valence electrons. The quantitative estimate of drug-likeness (QED) is 0.504. The molecule has 4 rings (SSSR count). The van der Waals surface area contributed by atoms with Crippen molar-refractivity contribution in [3.05, 3.63) is 89.5 Å². The molecule has 1 N–H and O–H groups in total. The fourth-order valence-corrected chi connectivity index (χ4v) is 5.66. The van der Waals surface area contributed by atoms with Crippen LogP contribution in [0.5, 0.6) is 0 Å². The molecular weight excluding hydrogens is 473 g/mol. The summed E-state index contributed by atoms with van der Waals surface area (Å²) in [6.07, 6.45) is -4.47. The molecule has 3 aromatic rings. The second-order valence-electron chi connectivity index (χ2n) is 7.52. The summed E-state index contributed by atoms with van der Waals surface area (Å²) in [6.45, 7) is 1.86. The van der Waals surface area contributed by atoms with Crippen LogP contribution in [0.2, 0.25) is 0 Å². The minimum Gasteiger partial charge on any atom is -0.295 e. The summed E-state index contributed by atoms with van der Waals surface area (Å²) < 4.78 is 66.7. The Bertz CT molecular complexity index is 1280. The van der Waals surface area contributed by atoms with Crippen LogP contribution in [0, 0.1) is 6.92 Å². The lowest BCUT2D eigenvalue weighted by molar-refractivity contribution is -0.137. The van der Waals surface area contributed by atoms with E-state index in [-0.39, 0.29) is 16.6 Å². The summed E-state index contributed by atoms with van der Waals surface area (Å²) in [6, 6.07) is 17.5. The van der Waals surface area contributed by atoms with Gasteiger partial charge in [0.05, 0.1) is 16.2 Å². The molecule has 1 atom stereocenters. The van der Waals surface area contributed by atoms with Gasteiger partial charge in [-0.25, -0.2) is 8.42 Å². The number of aryl methyl sites for hydroxylation is 1. The van der Waals surface area contributed by atoms with E-state index in [4.69, 9.17) is 0 Å². The molecule has 0 bridgehead atoms. The van der Waals surface area contributed by atoms with Crippen molar-refractivity contribution in [2.75, 3.05) is 15.4 Å². The summed E-state index contributed by atoms with van der Waals surface area (Å²) in [4.78, 5) is 14.1. The number of nitrogens with zero attached hydrogens (tertiary/aromatic N) is 1. The van der Waals surface area contributed by atoms with Crippen molar-refractivity contribution < 1.29 is 26.4 Å². The highest BCUT2D eigenvalue weighted by molar-refractivity contribution is 8.00. The predicted molar refractivity (Wildman–Crippen MR) is 123 cm³/mol. The van der Waals surface area contributed by atoms with Gasteiger partial charge in [-0.2, -0.15) is 13.2 Å². The summed E-state index contributed by atoms with van der Waals surface area (Å²) in [5.41, 5.74) is 1.45. The van der Waals surface area contributed by atoms with Gasteiger partial charge in [0, 0.05) is 11.4 Å². The molecule has 0 aliphatic carbocycles. The zero-order valence-electron chi connectivity index (χ0n) is 17.3. The SMILES string of the molecule is Cc1ccc(S(=O)(=O)Nc2cccc([C@H]3SCC(=O)N3c3ccc(C(F)(F)F)cc3)c2)cc1. The largest absolute Gasteiger partial charge is 0.416 e. The van der Waals surface area contributed by atoms with Crippen LogP contribution in [0.15, 0.2) is 77.7 Å². The van der Waals surface area contributed by atoms with E-state index in [9.17, 15) is 26.4 Å². The Labute approximate surface area is 193 Å². The van der Waals surface area contributed by atoms with Crippen LogP contribution < -0.4 is 9.62 Å². The van der Waals surface area contributed by atoms with Crippen molar-refractivity contribution in [2.45, 2.75) is 23.4 Å². The maximum absolute atomic E-state index is 12.9. The highest BCUT2D eigenvalue weighted by Gasteiger charge is 2.35. The number of amides is 1. The minimum atomic E-state index is -4.47. The van der Waals surface area contributed by atoms with E-state index in [0.717, 1.165) is 17.7 Å². The van der Waals surface area contributed by atoms with Crippen LogP contribution in [0.4, 0.5) is 24.5 Å². The normalized spacial score (nSPS) is 16.8. The Morgan fingerprint density at radius 3 is 2.30 bits per heavy atom. The molecule has 0 spiro atoms. The van der Waals surface area contributed by atoms with Crippen molar-refractivity contribution in [3.63, 3.8) is 0 Å². The molecule has 1 saturated heterocycles. The molecule has 1 fully saturated rings. The Kier molecular flexibility index (Phi) is 6.15. The zero-order valence-corrected chi connectivity index (χ0v) is 19.0. The van der Waals surface area contributed by atoms with Crippen LogP contribution in [0.1, 0.15) is 22.1 Å². The Balaban J connectivity index is 1.60. The molecule has 0 aromatic heterocycles. The van der Waals surface area contributed by atoms with Gasteiger partial charge in [0.25, 0.3) is 10.0 Å². The Morgan fingerprint density at radius 1 is 1.00 bits per heavy atom. The predicted octanol–water partition coefficient (Wildman–Crippen LogP) is 5.59. The van der Waals surface area contributed by atoms with E-state index in [1.54, 1.807) is 36.4 Å². The number of hydrogen-bond donors (Lipinski definition) is 1. The molecule has 5 nitrogen and oxygen atoms in total. The molecule has 1 heterocycles. The smallest absolute Gasteiger partial charge is 0.295 e. The summed E-state index contributed by atoms with van der Waals surface area (Å²) >= 11 is 1.32. The topological polar surface area (TPSA) is 66.5 Å². The summed E-state index contributed by atoms with van der Waals surface area (Å²) in [5, 5.41) is -0.502. The first kappa shape index (κ1) is 23.2. The lowest BCUT2D eigenvalue weighted by Gasteiger charge is -2.25. The van der Waals surface area contributed by atoms with Crippen LogP contribution in [0.3, 0.4) is 0 Å². The van der Waals surface area contributed by atoms with Crippen LogP contribution in [-0.4, -0.2) is 20.1 Å². The molecule has 33 heavy (non-hydrogen) atoms. The highest BCUT2D eigenvalue weighted by Crippen LogP contribution is 2.43. The van der Waals surface area contributed by atoms with Gasteiger partial charge in [-0.15, -0.1) is 11.8 Å². The molecule has 0 unspecified atom stereocenters. The first-order valence-electron chi connectivity index (χ1n) is 9.85. The molecule has 1 aliphatic heterocycles. The molecular formula is C23H19F3N2O3S2. The second-order valence-corrected chi connectivity index (χ2v) is 10.3. The van der Waals surface area contributed by atoms with Gasteiger partial charge in [0.1, 0.15) is 5.37 Å². The summed E-state index contributed by atoms with van der Waals surface area (Å²) in [5.74, 6) is -0.0826. The van der Waals surface area contributed by atoms with Crippen molar-refractivity contribution in [1.82, 2.24) is 0 Å². The number of carbonyl (C=O) groups excluding carboxylic acids is 1. The summed E-state index contributed by atoms with van der Waals surface area (Å²) in [7, 11) is -3.81. The van der Waals surface area contributed by atoms with Crippen molar-refractivity contribution in [1.29, 1.82) is 0 Å².